The third kappa shape index (κ3) is 6.09. The summed E-state index contributed by atoms with van der Waals surface area (Å²) in [6.07, 6.45) is 4.94. The molecule has 1 N–H and O–H groups in total. The highest BCUT2D eigenvalue weighted by atomic mass is 35.5. The summed E-state index contributed by atoms with van der Waals surface area (Å²) in [4.78, 5) is 15.5. The molecule has 1 aliphatic carbocycles. The van der Waals surface area contributed by atoms with Crippen molar-refractivity contribution in [1.82, 2.24) is 4.98 Å². The van der Waals surface area contributed by atoms with Gasteiger partial charge in [-0.3, -0.25) is 0 Å². The molecule has 1 fully saturated rings. The van der Waals surface area contributed by atoms with Crippen LogP contribution < -0.4 is 14.2 Å². The molecule has 0 radical (unpaired) electrons. The molecule has 4 rings (SSSR count). The Morgan fingerprint density at radius 1 is 1.18 bits per heavy atom. The Kier molecular flexibility index (Phi) is 7.43. The number of benzene rings is 1. The highest BCUT2D eigenvalue weighted by molar-refractivity contribution is 6.35. The Balaban J connectivity index is 1.68. The lowest BCUT2D eigenvalue weighted by Gasteiger charge is -2.21. The standard InChI is InChI=1S/C23H20Cl2F2N2O5/c24-16-10-29(31)11-17(25)15(16)9-20(33-22(30)18-2-1-7-28-18)14-5-6-19(34-23(26)27)21(8-14)32-12-13-3-4-13/h1-2,5-8,10-11,13,20,23,28H,3-4,9,12H2/t20-/m0/s1. The number of carbonyl (C=O) groups is 1. The van der Waals surface area contributed by atoms with Crippen LogP contribution >= 0.6 is 23.2 Å². The molecule has 0 amide bonds. The van der Waals surface area contributed by atoms with E-state index in [4.69, 9.17) is 32.7 Å². The van der Waals surface area contributed by atoms with E-state index in [9.17, 15) is 18.8 Å². The van der Waals surface area contributed by atoms with E-state index in [0.717, 1.165) is 25.2 Å². The minimum absolute atomic E-state index is 0.0159. The van der Waals surface area contributed by atoms with Crippen LogP contribution in [0.2, 0.25) is 10.0 Å². The molecule has 11 heteroatoms. The van der Waals surface area contributed by atoms with Crippen molar-refractivity contribution in [3.05, 3.63) is 81.0 Å². The number of alkyl halides is 2. The van der Waals surface area contributed by atoms with Gasteiger partial charge in [-0.25, -0.2) is 4.79 Å². The van der Waals surface area contributed by atoms with Crippen LogP contribution in [0.1, 0.15) is 40.6 Å². The highest BCUT2D eigenvalue weighted by Crippen LogP contribution is 2.38. The molecule has 0 bridgehead atoms. The van der Waals surface area contributed by atoms with Crippen molar-refractivity contribution in [2.45, 2.75) is 32.0 Å². The van der Waals surface area contributed by atoms with Crippen LogP contribution in [0, 0.1) is 11.1 Å². The Hall–Kier alpha value is -3.04. The maximum Gasteiger partial charge on any atom is 0.387 e. The van der Waals surface area contributed by atoms with E-state index in [2.05, 4.69) is 9.72 Å². The van der Waals surface area contributed by atoms with Crippen molar-refractivity contribution in [1.29, 1.82) is 0 Å². The van der Waals surface area contributed by atoms with Crippen molar-refractivity contribution < 1.29 is 32.5 Å². The fraction of sp³-hybridized carbons (Fsp3) is 0.304. The number of aromatic amines is 1. The van der Waals surface area contributed by atoms with E-state index in [1.54, 1.807) is 18.3 Å². The molecule has 180 valence electrons. The van der Waals surface area contributed by atoms with Gasteiger partial charge in [-0.05, 0) is 48.6 Å². The first-order chi connectivity index (χ1) is 16.3. The maximum absolute atomic E-state index is 12.9. The van der Waals surface area contributed by atoms with Crippen LogP contribution in [0.3, 0.4) is 0 Å². The second-order valence-corrected chi connectivity index (χ2v) is 8.63. The van der Waals surface area contributed by atoms with Gasteiger partial charge < -0.3 is 24.4 Å². The summed E-state index contributed by atoms with van der Waals surface area (Å²) in [5.41, 5.74) is 1.04. The smallest absolute Gasteiger partial charge is 0.387 e. The van der Waals surface area contributed by atoms with E-state index < -0.39 is 18.7 Å². The quantitative estimate of drug-likeness (QED) is 0.220. The largest absolute Gasteiger partial charge is 0.619 e. The summed E-state index contributed by atoms with van der Waals surface area (Å²) in [5.74, 6) is -0.305. The summed E-state index contributed by atoms with van der Waals surface area (Å²) < 4.78 is 42.3. The number of aromatic nitrogens is 2. The summed E-state index contributed by atoms with van der Waals surface area (Å²) in [6.45, 7) is -2.67. The van der Waals surface area contributed by atoms with E-state index in [1.165, 1.54) is 18.2 Å². The zero-order chi connectivity index (χ0) is 24.2. The molecule has 0 unspecified atom stereocenters. The van der Waals surface area contributed by atoms with Gasteiger partial charge in [-0.1, -0.05) is 29.3 Å². The Morgan fingerprint density at radius 3 is 2.53 bits per heavy atom. The third-order valence-electron chi connectivity index (χ3n) is 5.24. The SMILES string of the molecule is O=C(O[C@@H](Cc1c(Cl)c[n+]([O-])cc1Cl)c1ccc(OC(F)F)c(OCC2CC2)c1)c1ccc[nH]1. The van der Waals surface area contributed by atoms with Crippen molar-refractivity contribution in [3.63, 3.8) is 0 Å². The number of hydrogen-bond acceptors (Lipinski definition) is 5. The molecule has 1 aromatic carbocycles. The number of ether oxygens (including phenoxy) is 3. The maximum atomic E-state index is 12.9. The number of halogens is 4. The lowest BCUT2D eigenvalue weighted by molar-refractivity contribution is -0.605. The average molecular weight is 513 g/mol. The molecule has 1 atom stereocenters. The van der Waals surface area contributed by atoms with Crippen LogP contribution in [0.5, 0.6) is 11.5 Å². The zero-order valence-corrected chi connectivity index (χ0v) is 19.2. The number of nitrogens with one attached hydrogen (secondary N) is 1. The predicted molar refractivity (Wildman–Crippen MR) is 119 cm³/mol. The Morgan fingerprint density at radius 2 is 1.91 bits per heavy atom. The van der Waals surface area contributed by atoms with Crippen LogP contribution in [0.15, 0.2) is 48.9 Å². The van der Waals surface area contributed by atoms with Crippen molar-refractivity contribution in [3.8, 4) is 11.5 Å². The first-order valence-electron chi connectivity index (χ1n) is 10.4. The van der Waals surface area contributed by atoms with Gasteiger partial charge in [0.05, 0.1) is 6.61 Å². The number of rotatable bonds is 10. The van der Waals surface area contributed by atoms with Crippen LogP contribution in [0.4, 0.5) is 8.78 Å². The molecule has 34 heavy (non-hydrogen) atoms. The molecule has 0 aliphatic heterocycles. The number of esters is 1. The normalized spacial score (nSPS) is 14.1. The van der Waals surface area contributed by atoms with Gasteiger partial charge in [0.1, 0.15) is 21.8 Å². The molecular formula is C23H20Cl2F2N2O5. The van der Waals surface area contributed by atoms with E-state index >= 15 is 0 Å². The van der Waals surface area contributed by atoms with Gasteiger partial charge in [0, 0.05) is 18.2 Å². The topological polar surface area (TPSA) is 87.5 Å². The van der Waals surface area contributed by atoms with Crippen molar-refractivity contribution in [2.75, 3.05) is 6.61 Å². The van der Waals surface area contributed by atoms with Crippen molar-refractivity contribution >= 4 is 29.2 Å². The van der Waals surface area contributed by atoms with Gasteiger partial charge in [0.25, 0.3) is 0 Å². The first-order valence-corrected chi connectivity index (χ1v) is 11.2. The fourth-order valence-corrected chi connectivity index (χ4v) is 3.91. The minimum Gasteiger partial charge on any atom is -0.619 e. The third-order valence-corrected chi connectivity index (χ3v) is 5.89. The van der Waals surface area contributed by atoms with Crippen LogP contribution in [-0.2, 0) is 11.2 Å². The van der Waals surface area contributed by atoms with E-state index in [-0.39, 0.29) is 33.7 Å². The number of H-pyrrole nitrogens is 1. The molecule has 7 nitrogen and oxygen atoms in total. The van der Waals surface area contributed by atoms with Gasteiger partial charge in [0.2, 0.25) is 0 Å². The Bertz CT molecular complexity index is 1130. The zero-order valence-electron chi connectivity index (χ0n) is 17.7. The molecule has 0 spiro atoms. The van der Waals surface area contributed by atoms with E-state index in [0.29, 0.717) is 28.4 Å². The van der Waals surface area contributed by atoms with Crippen LogP contribution in [0.25, 0.3) is 0 Å². The second-order valence-electron chi connectivity index (χ2n) is 7.81. The van der Waals surface area contributed by atoms with Crippen molar-refractivity contribution in [2.24, 2.45) is 5.92 Å². The second kappa shape index (κ2) is 10.5. The summed E-state index contributed by atoms with van der Waals surface area (Å²) in [5, 5.41) is 11.8. The molecule has 1 aliphatic rings. The molecule has 3 aromatic rings. The number of hydrogen-bond donors (Lipinski definition) is 1. The number of carbonyl (C=O) groups excluding carboxylic acids is 1. The van der Waals surface area contributed by atoms with E-state index in [1.807, 2.05) is 0 Å². The fourth-order valence-electron chi connectivity index (χ4n) is 3.31. The summed E-state index contributed by atoms with van der Waals surface area (Å²) in [6, 6.07) is 7.51. The first kappa shape index (κ1) is 24.1. The molecule has 0 saturated heterocycles. The van der Waals surface area contributed by atoms with Gasteiger partial charge in [-0.15, -0.1) is 0 Å². The molecule has 2 heterocycles. The number of pyridine rings is 1. The van der Waals surface area contributed by atoms with Gasteiger partial charge in [-0.2, -0.15) is 13.5 Å². The lowest BCUT2D eigenvalue weighted by atomic mass is 10.0. The Labute approximate surface area is 203 Å². The predicted octanol–water partition coefficient (Wildman–Crippen LogP) is 5.49. The summed E-state index contributed by atoms with van der Waals surface area (Å²) >= 11 is 12.5. The highest BCUT2D eigenvalue weighted by Gasteiger charge is 2.26. The molecule has 2 aromatic heterocycles. The van der Waals surface area contributed by atoms with Gasteiger partial charge >= 0.3 is 12.6 Å². The average Bonchev–Trinajstić information content (AvgIpc) is 3.44. The lowest BCUT2D eigenvalue weighted by Crippen LogP contribution is -2.25. The molecule has 1 saturated carbocycles. The van der Waals surface area contributed by atoms with Gasteiger partial charge in [0.15, 0.2) is 23.9 Å². The molecular weight excluding hydrogens is 493 g/mol. The summed E-state index contributed by atoms with van der Waals surface area (Å²) in [7, 11) is 0. The monoisotopic (exact) mass is 512 g/mol. The minimum atomic E-state index is -3.03. The number of nitrogens with zero attached hydrogens (tertiary/aromatic N) is 1. The van der Waals surface area contributed by atoms with Crippen LogP contribution in [-0.4, -0.2) is 24.2 Å².